The van der Waals surface area contributed by atoms with Crippen LogP contribution in [0, 0.1) is 0 Å². The molecular formula is C11H11BrO3. The first-order valence-electron chi connectivity index (χ1n) is 4.40. The van der Waals surface area contributed by atoms with Crippen LogP contribution in [0.2, 0.25) is 0 Å². The Morgan fingerprint density at radius 1 is 1.47 bits per heavy atom. The zero-order chi connectivity index (χ0) is 11.1. The number of carboxylic acids is 1. The highest BCUT2D eigenvalue weighted by atomic mass is 79.9. The van der Waals surface area contributed by atoms with Gasteiger partial charge in [0.15, 0.2) is 6.61 Å². The van der Waals surface area contributed by atoms with Gasteiger partial charge in [-0.2, -0.15) is 0 Å². The second-order valence-corrected chi connectivity index (χ2v) is 3.42. The molecule has 0 bridgehead atoms. The Hall–Kier alpha value is -1.29. The van der Waals surface area contributed by atoms with Gasteiger partial charge >= 0.3 is 5.97 Å². The molecule has 15 heavy (non-hydrogen) atoms. The lowest BCUT2D eigenvalue weighted by Crippen LogP contribution is -2.09. The molecule has 0 atom stereocenters. The summed E-state index contributed by atoms with van der Waals surface area (Å²) < 4.78 is 5.13. The number of para-hydroxylation sites is 1. The van der Waals surface area contributed by atoms with Crippen molar-refractivity contribution < 1.29 is 14.6 Å². The maximum Gasteiger partial charge on any atom is 0.341 e. The van der Waals surface area contributed by atoms with Gasteiger partial charge in [0, 0.05) is 10.9 Å². The van der Waals surface area contributed by atoms with E-state index in [1.807, 2.05) is 30.4 Å². The van der Waals surface area contributed by atoms with E-state index in [1.165, 1.54) is 0 Å². The van der Waals surface area contributed by atoms with E-state index >= 15 is 0 Å². The second kappa shape index (κ2) is 6.24. The lowest BCUT2D eigenvalue weighted by atomic mass is 10.2. The molecule has 0 heterocycles. The van der Waals surface area contributed by atoms with Crippen molar-refractivity contribution in [1.82, 2.24) is 0 Å². The third-order valence-corrected chi connectivity index (χ3v) is 2.03. The van der Waals surface area contributed by atoms with Crippen LogP contribution in [0.5, 0.6) is 5.75 Å². The molecule has 4 heteroatoms. The standard InChI is InChI=1S/C11H11BrO3/c12-7-3-5-9-4-1-2-6-10(9)15-8-11(13)14/h1-6H,7-8H2,(H,13,14). The number of aliphatic carboxylic acids is 1. The molecule has 0 radical (unpaired) electrons. The molecule has 0 fully saturated rings. The second-order valence-electron chi connectivity index (χ2n) is 2.78. The van der Waals surface area contributed by atoms with Gasteiger partial charge in [-0.15, -0.1) is 0 Å². The number of carbonyl (C=O) groups is 1. The highest BCUT2D eigenvalue weighted by molar-refractivity contribution is 9.09. The van der Waals surface area contributed by atoms with Crippen molar-refractivity contribution in [2.24, 2.45) is 0 Å². The molecule has 0 saturated heterocycles. The van der Waals surface area contributed by atoms with Gasteiger partial charge in [0.25, 0.3) is 0 Å². The van der Waals surface area contributed by atoms with Crippen molar-refractivity contribution in [2.75, 3.05) is 11.9 Å². The first-order valence-corrected chi connectivity index (χ1v) is 5.52. The van der Waals surface area contributed by atoms with E-state index in [-0.39, 0.29) is 6.61 Å². The summed E-state index contributed by atoms with van der Waals surface area (Å²) in [5.41, 5.74) is 0.873. The molecule has 80 valence electrons. The molecule has 1 aromatic rings. The van der Waals surface area contributed by atoms with Gasteiger partial charge in [0.05, 0.1) is 0 Å². The Morgan fingerprint density at radius 2 is 2.20 bits per heavy atom. The van der Waals surface area contributed by atoms with Crippen LogP contribution in [-0.4, -0.2) is 23.0 Å². The van der Waals surface area contributed by atoms with Gasteiger partial charge < -0.3 is 9.84 Å². The topological polar surface area (TPSA) is 46.5 Å². The van der Waals surface area contributed by atoms with Crippen LogP contribution in [0.4, 0.5) is 0 Å². The highest BCUT2D eigenvalue weighted by Gasteiger charge is 2.02. The number of ether oxygens (including phenoxy) is 1. The van der Waals surface area contributed by atoms with Crippen molar-refractivity contribution in [3.05, 3.63) is 35.9 Å². The largest absolute Gasteiger partial charge is 0.481 e. The summed E-state index contributed by atoms with van der Waals surface area (Å²) in [4.78, 5) is 10.3. The van der Waals surface area contributed by atoms with Crippen molar-refractivity contribution in [2.45, 2.75) is 0 Å². The summed E-state index contributed by atoms with van der Waals surface area (Å²) in [5.74, 6) is -0.397. The van der Waals surface area contributed by atoms with Crippen LogP contribution < -0.4 is 4.74 Å². The smallest absolute Gasteiger partial charge is 0.341 e. The average Bonchev–Trinajstić information content (AvgIpc) is 2.24. The van der Waals surface area contributed by atoms with Gasteiger partial charge in [-0.1, -0.05) is 46.3 Å². The van der Waals surface area contributed by atoms with Crippen LogP contribution >= 0.6 is 15.9 Å². The summed E-state index contributed by atoms with van der Waals surface area (Å²) in [5, 5.41) is 9.24. The summed E-state index contributed by atoms with van der Waals surface area (Å²) in [6.07, 6.45) is 3.80. The van der Waals surface area contributed by atoms with Crippen molar-refractivity contribution in [1.29, 1.82) is 0 Å². The fourth-order valence-electron chi connectivity index (χ4n) is 1.06. The van der Waals surface area contributed by atoms with Gasteiger partial charge in [0.2, 0.25) is 0 Å². The number of hydrogen-bond acceptors (Lipinski definition) is 2. The van der Waals surface area contributed by atoms with Crippen LogP contribution in [0.15, 0.2) is 30.3 Å². The number of allylic oxidation sites excluding steroid dienone is 1. The van der Waals surface area contributed by atoms with Gasteiger partial charge in [-0.05, 0) is 6.07 Å². The Morgan fingerprint density at radius 3 is 2.87 bits per heavy atom. The number of alkyl halides is 1. The minimum atomic E-state index is -0.978. The zero-order valence-corrected chi connectivity index (χ0v) is 9.61. The fourth-order valence-corrected chi connectivity index (χ4v) is 1.25. The molecule has 0 aromatic heterocycles. The summed E-state index contributed by atoms with van der Waals surface area (Å²) in [7, 11) is 0. The molecule has 0 aliphatic rings. The number of halogens is 1. The lowest BCUT2D eigenvalue weighted by Gasteiger charge is -2.06. The van der Waals surface area contributed by atoms with E-state index < -0.39 is 5.97 Å². The molecule has 1 aromatic carbocycles. The van der Waals surface area contributed by atoms with E-state index in [0.717, 1.165) is 10.9 Å². The molecule has 0 spiro atoms. The molecule has 1 rings (SSSR count). The first-order chi connectivity index (χ1) is 7.24. The normalized spacial score (nSPS) is 10.5. The molecule has 0 aliphatic carbocycles. The minimum Gasteiger partial charge on any atom is -0.481 e. The quantitative estimate of drug-likeness (QED) is 0.837. The number of rotatable bonds is 5. The molecule has 0 aliphatic heterocycles. The SMILES string of the molecule is O=C(O)COc1ccccc1C=CCBr. The first kappa shape index (κ1) is 11.8. The molecule has 0 saturated carbocycles. The summed E-state index contributed by atoms with van der Waals surface area (Å²) in [6, 6.07) is 7.30. The van der Waals surface area contributed by atoms with Crippen LogP contribution in [-0.2, 0) is 4.79 Å². The number of hydrogen-bond donors (Lipinski definition) is 1. The van der Waals surface area contributed by atoms with Crippen LogP contribution in [0.25, 0.3) is 6.08 Å². The summed E-state index contributed by atoms with van der Waals surface area (Å²) in [6.45, 7) is -0.320. The average molecular weight is 271 g/mol. The maximum absolute atomic E-state index is 10.3. The van der Waals surface area contributed by atoms with Gasteiger partial charge in [-0.3, -0.25) is 0 Å². The van der Waals surface area contributed by atoms with E-state index in [9.17, 15) is 4.79 Å². The highest BCUT2D eigenvalue weighted by Crippen LogP contribution is 2.19. The molecule has 3 nitrogen and oxygen atoms in total. The molecular weight excluding hydrogens is 260 g/mol. The summed E-state index contributed by atoms with van der Waals surface area (Å²) >= 11 is 3.27. The molecule has 0 unspecified atom stereocenters. The Kier molecular flexibility index (Phi) is 4.90. The van der Waals surface area contributed by atoms with Crippen LogP contribution in [0.3, 0.4) is 0 Å². The zero-order valence-electron chi connectivity index (χ0n) is 8.02. The third kappa shape index (κ3) is 4.16. The van der Waals surface area contributed by atoms with Crippen LogP contribution in [0.1, 0.15) is 5.56 Å². The third-order valence-electron chi connectivity index (χ3n) is 1.66. The predicted molar refractivity (Wildman–Crippen MR) is 62.4 cm³/mol. The van der Waals surface area contributed by atoms with E-state index in [0.29, 0.717) is 5.75 Å². The predicted octanol–water partition coefficient (Wildman–Crippen LogP) is 2.56. The molecule has 1 N–H and O–H groups in total. The van der Waals surface area contributed by atoms with E-state index in [4.69, 9.17) is 9.84 Å². The Balaban J connectivity index is 2.76. The van der Waals surface area contributed by atoms with Crippen molar-refractivity contribution >= 4 is 28.0 Å². The number of benzene rings is 1. The van der Waals surface area contributed by atoms with E-state index in [1.54, 1.807) is 6.07 Å². The minimum absolute atomic E-state index is 0.320. The lowest BCUT2D eigenvalue weighted by molar-refractivity contribution is -0.139. The maximum atomic E-state index is 10.3. The monoisotopic (exact) mass is 270 g/mol. The molecule has 0 amide bonds. The Bertz CT molecular complexity index is 361. The Labute approximate surface area is 96.5 Å². The van der Waals surface area contributed by atoms with Gasteiger partial charge in [-0.25, -0.2) is 4.79 Å². The van der Waals surface area contributed by atoms with E-state index in [2.05, 4.69) is 15.9 Å². The van der Waals surface area contributed by atoms with Crippen molar-refractivity contribution in [3.8, 4) is 5.75 Å². The fraction of sp³-hybridized carbons (Fsp3) is 0.182. The van der Waals surface area contributed by atoms with Crippen molar-refractivity contribution in [3.63, 3.8) is 0 Å². The number of carboxylic acid groups (broad SMARTS) is 1. The van der Waals surface area contributed by atoms with Gasteiger partial charge in [0.1, 0.15) is 5.75 Å².